The van der Waals surface area contributed by atoms with Gasteiger partial charge in [0.05, 0.1) is 24.3 Å². The van der Waals surface area contributed by atoms with Gasteiger partial charge in [-0.15, -0.1) is 0 Å². The van der Waals surface area contributed by atoms with Crippen LogP contribution in [0.5, 0.6) is 0 Å². The molecule has 2 aromatic carbocycles. The van der Waals surface area contributed by atoms with Crippen LogP contribution in [0, 0.1) is 6.92 Å². The number of aromatic nitrogens is 2. The molecule has 1 aliphatic heterocycles. The van der Waals surface area contributed by atoms with Crippen LogP contribution in [0.1, 0.15) is 27.4 Å². The molecule has 5 rings (SSSR count). The minimum Gasteiger partial charge on any atom is -0.465 e. The van der Waals surface area contributed by atoms with Gasteiger partial charge in [0.15, 0.2) is 0 Å². The summed E-state index contributed by atoms with van der Waals surface area (Å²) >= 11 is 0. The van der Waals surface area contributed by atoms with Crippen molar-refractivity contribution in [3.63, 3.8) is 0 Å². The van der Waals surface area contributed by atoms with E-state index in [4.69, 9.17) is 4.42 Å². The Bertz CT molecular complexity index is 1340. The normalized spacial score (nSPS) is 12.2. The van der Waals surface area contributed by atoms with E-state index < -0.39 is 0 Å². The summed E-state index contributed by atoms with van der Waals surface area (Å²) in [4.78, 5) is 33.6. The molecule has 0 bridgehead atoms. The van der Waals surface area contributed by atoms with E-state index in [1.54, 1.807) is 30.5 Å². The molecule has 1 aliphatic rings. The van der Waals surface area contributed by atoms with E-state index in [2.05, 4.69) is 25.9 Å². The number of carbonyl (C=O) groups excluding carboxylic acids is 2. The molecule has 0 aliphatic carbocycles. The summed E-state index contributed by atoms with van der Waals surface area (Å²) in [5.74, 6) is 1.63. The third-order valence-corrected chi connectivity index (χ3v) is 5.29. The summed E-state index contributed by atoms with van der Waals surface area (Å²) in [6, 6.07) is 18.3. The summed E-state index contributed by atoms with van der Waals surface area (Å²) in [5, 5.41) is 8.91. The number of hydrogen-bond donors (Lipinski definition) is 3. The number of amides is 2. The molecule has 0 spiro atoms. The second-order valence-electron chi connectivity index (χ2n) is 7.74. The van der Waals surface area contributed by atoms with E-state index >= 15 is 0 Å². The number of anilines is 3. The lowest BCUT2D eigenvalue weighted by Gasteiger charge is -2.11. The van der Waals surface area contributed by atoms with Gasteiger partial charge in [-0.2, -0.15) is 0 Å². The Hall–Kier alpha value is -4.46. The van der Waals surface area contributed by atoms with Crippen molar-refractivity contribution in [2.24, 2.45) is 0 Å². The van der Waals surface area contributed by atoms with Crippen LogP contribution in [0.25, 0.3) is 11.3 Å². The van der Waals surface area contributed by atoms with Crippen LogP contribution >= 0.6 is 0 Å². The van der Waals surface area contributed by atoms with Crippen LogP contribution in [-0.2, 0) is 17.8 Å². The number of rotatable bonds is 5. The highest BCUT2D eigenvalue weighted by molar-refractivity contribution is 6.00. The highest BCUT2D eigenvalue weighted by Crippen LogP contribution is 2.32. The van der Waals surface area contributed by atoms with E-state index in [1.807, 2.05) is 43.3 Å². The molecular formula is C25H21N5O3. The second-order valence-corrected chi connectivity index (χ2v) is 7.74. The molecule has 0 radical (unpaired) electrons. The Labute approximate surface area is 190 Å². The van der Waals surface area contributed by atoms with Crippen LogP contribution in [0.4, 0.5) is 17.3 Å². The van der Waals surface area contributed by atoms with Gasteiger partial charge in [-0.1, -0.05) is 18.2 Å². The van der Waals surface area contributed by atoms with Crippen LogP contribution in [-0.4, -0.2) is 21.8 Å². The first-order chi connectivity index (χ1) is 16.0. The molecule has 2 amide bonds. The van der Waals surface area contributed by atoms with Crippen LogP contribution in [0.2, 0.25) is 0 Å². The first kappa shape index (κ1) is 20.4. The Morgan fingerprint density at radius 3 is 2.70 bits per heavy atom. The van der Waals surface area contributed by atoms with Crippen molar-refractivity contribution in [2.45, 2.75) is 19.9 Å². The number of benzene rings is 2. The summed E-state index contributed by atoms with van der Waals surface area (Å²) in [6.07, 6.45) is 1.89. The number of fused-ring (bicyclic) bond motifs is 3. The van der Waals surface area contributed by atoms with Crippen molar-refractivity contribution in [3.8, 4) is 11.3 Å². The Kier molecular flexibility index (Phi) is 5.32. The fourth-order valence-electron chi connectivity index (χ4n) is 3.68. The van der Waals surface area contributed by atoms with Gasteiger partial charge < -0.3 is 20.4 Å². The van der Waals surface area contributed by atoms with Gasteiger partial charge in [0.25, 0.3) is 5.91 Å². The van der Waals surface area contributed by atoms with Gasteiger partial charge in [-0.05, 0) is 49.4 Å². The van der Waals surface area contributed by atoms with Crippen molar-refractivity contribution in [3.05, 3.63) is 89.5 Å². The van der Waals surface area contributed by atoms with E-state index in [1.165, 1.54) is 0 Å². The van der Waals surface area contributed by atoms with E-state index in [-0.39, 0.29) is 18.2 Å². The van der Waals surface area contributed by atoms with Crippen molar-refractivity contribution < 1.29 is 14.0 Å². The molecule has 8 heteroatoms. The van der Waals surface area contributed by atoms with Gasteiger partial charge in [0.2, 0.25) is 11.9 Å². The van der Waals surface area contributed by atoms with Crippen LogP contribution in [0.15, 0.2) is 71.3 Å². The smallest absolute Gasteiger partial charge is 0.251 e. The predicted molar refractivity (Wildman–Crippen MR) is 124 cm³/mol. The molecule has 0 fully saturated rings. The number of nitrogens with one attached hydrogen (secondary N) is 3. The highest BCUT2D eigenvalue weighted by Gasteiger charge is 2.20. The maximum Gasteiger partial charge on any atom is 0.251 e. The lowest BCUT2D eigenvalue weighted by atomic mass is 10.1. The number of nitrogens with zero attached hydrogens (tertiary/aromatic N) is 2. The van der Waals surface area contributed by atoms with Crippen molar-refractivity contribution in [2.75, 3.05) is 10.6 Å². The lowest BCUT2D eigenvalue weighted by molar-refractivity contribution is -0.115. The molecule has 0 unspecified atom stereocenters. The summed E-state index contributed by atoms with van der Waals surface area (Å²) < 4.78 is 5.47. The summed E-state index contributed by atoms with van der Waals surface area (Å²) in [6.45, 7) is 2.19. The fourth-order valence-corrected chi connectivity index (χ4v) is 3.68. The minimum absolute atomic E-state index is 0.0958. The summed E-state index contributed by atoms with van der Waals surface area (Å²) in [7, 11) is 0. The zero-order chi connectivity index (χ0) is 22.8. The largest absolute Gasteiger partial charge is 0.465 e. The van der Waals surface area contributed by atoms with Gasteiger partial charge in [-0.25, -0.2) is 9.97 Å². The average molecular weight is 439 g/mol. The Morgan fingerprint density at radius 2 is 1.91 bits per heavy atom. The molecule has 0 saturated carbocycles. The number of aryl methyl sites for hydroxylation is 1. The topological polar surface area (TPSA) is 109 Å². The second kappa shape index (κ2) is 8.58. The van der Waals surface area contributed by atoms with E-state index in [9.17, 15) is 9.59 Å². The molecule has 0 saturated heterocycles. The van der Waals surface area contributed by atoms with Crippen molar-refractivity contribution in [1.29, 1.82) is 0 Å². The Balaban J connectivity index is 1.31. The number of para-hydroxylation sites is 1. The first-order valence-electron chi connectivity index (χ1n) is 10.5. The molecule has 3 heterocycles. The van der Waals surface area contributed by atoms with Crippen LogP contribution in [0.3, 0.4) is 0 Å². The third kappa shape index (κ3) is 4.45. The lowest BCUT2D eigenvalue weighted by Crippen LogP contribution is -2.22. The Morgan fingerprint density at radius 1 is 1.09 bits per heavy atom. The molecule has 2 aromatic heterocycles. The molecule has 0 atom stereocenters. The van der Waals surface area contributed by atoms with Crippen molar-refractivity contribution >= 4 is 29.1 Å². The van der Waals surface area contributed by atoms with Gasteiger partial charge in [0, 0.05) is 28.6 Å². The predicted octanol–water partition coefficient (Wildman–Crippen LogP) is 4.21. The standard InChI is InChI=1S/C25H21N5O3/c1-15-6-11-19(33-15)14-26-24(32)16-7-9-18(10-8-16)28-25-27-13-17-12-22(31)29-21-5-3-2-4-20(21)23(17)30-25/h2-11,13H,12,14H2,1H3,(H,26,32)(H,29,31)(H,27,28,30). The molecule has 3 N–H and O–H groups in total. The minimum atomic E-state index is -0.189. The monoisotopic (exact) mass is 439 g/mol. The van der Waals surface area contributed by atoms with Gasteiger partial charge in [-0.3, -0.25) is 9.59 Å². The third-order valence-electron chi connectivity index (χ3n) is 5.29. The maximum atomic E-state index is 12.4. The van der Waals surface area contributed by atoms with Gasteiger partial charge in [0.1, 0.15) is 11.5 Å². The highest BCUT2D eigenvalue weighted by atomic mass is 16.3. The molecule has 4 aromatic rings. The van der Waals surface area contributed by atoms with Crippen LogP contribution < -0.4 is 16.0 Å². The van der Waals surface area contributed by atoms with Gasteiger partial charge >= 0.3 is 0 Å². The zero-order valence-electron chi connectivity index (χ0n) is 17.9. The fraction of sp³-hybridized carbons (Fsp3) is 0.120. The maximum absolute atomic E-state index is 12.4. The SMILES string of the molecule is Cc1ccc(CNC(=O)c2ccc(Nc3ncc4c(n3)-c3ccccc3NC(=O)C4)cc2)o1. The molecule has 33 heavy (non-hydrogen) atoms. The quantitative estimate of drug-likeness (QED) is 0.430. The molecule has 8 nitrogen and oxygen atoms in total. The first-order valence-corrected chi connectivity index (χ1v) is 10.5. The number of hydrogen-bond acceptors (Lipinski definition) is 6. The number of carbonyl (C=O) groups is 2. The molecular weight excluding hydrogens is 418 g/mol. The number of furan rings is 1. The zero-order valence-corrected chi connectivity index (χ0v) is 17.9. The molecule has 164 valence electrons. The van der Waals surface area contributed by atoms with E-state index in [0.29, 0.717) is 29.5 Å². The average Bonchev–Trinajstić information content (AvgIpc) is 3.18. The van der Waals surface area contributed by atoms with Crippen molar-refractivity contribution in [1.82, 2.24) is 15.3 Å². The summed E-state index contributed by atoms with van der Waals surface area (Å²) in [5.41, 5.74) is 4.33. The van der Waals surface area contributed by atoms with E-state index in [0.717, 1.165) is 28.3 Å².